The molecule has 2 aliphatic heterocycles. The number of likely N-dealkylation sites (tertiary alicyclic amines) is 1. The van der Waals surface area contributed by atoms with Gasteiger partial charge in [0.25, 0.3) is 5.91 Å². The molecule has 27 heavy (non-hydrogen) atoms. The summed E-state index contributed by atoms with van der Waals surface area (Å²) in [6.07, 6.45) is 9.34. The Morgan fingerprint density at radius 2 is 1.93 bits per heavy atom. The Morgan fingerprint density at radius 1 is 1.11 bits per heavy atom. The van der Waals surface area contributed by atoms with Gasteiger partial charge in [-0.1, -0.05) is 6.07 Å². The zero-order valence-electron chi connectivity index (χ0n) is 15.5. The maximum atomic E-state index is 12.5. The lowest BCUT2D eigenvalue weighted by Crippen LogP contribution is -2.38. The van der Waals surface area contributed by atoms with Gasteiger partial charge in [-0.15, -0.1) is 0 Å². The molecule has 0 bridgehead atoms. The lowest BCUT2D eigenvalue weighted by Gasteiger charge is -2.32. The van der Waals surface area contributed by atoms with E-state index in [-0.39, 0.29) is 12.0 Å². The minimum atomic E-state index is -0.00423. The maximum Gasteiger partial charge on any atom is 0.274 e. The van der Waals surface area contributed by atoms with Gasteiger partial charge in [-0.05, 0) is 37.8 Å². The van der Waals surface area contributed by atoms with Gasteiger partial charge in [-0.2, -0.15) is 0 Å². The van der Waals surface area contributed by atoms with Crippen LogP contribution in [0.2, 0.25) is 0 Å². The van der Waals surface area contributed by atoms with Crippen LogP contribution in [0.5, 0.6) is 0 Å². The zero-order valence-corrected chi connectivity index (χ0v) is 15.5. The highest BCUT2D eigenvalue weighted by molar-refractivity contribution is 5.92. The van der Waals surface area contributed by atoms with Crippen LogP contribution < -0.4 is 4.90 Å². The van der Waals surface area contributed by atoms with Gasteiger partial charge in [0.1, 0.15) is 11.5 Å². The number of aromatic nitrogens is 3. The predicted octanol–water partition coefficient (Wildman–Crippen LogP) is 2.29. The molecular formula is C20H25N5O2. The largest absolute Gasteiger partial charge is 0.372 e. The Morgan fingerprint density at radius 3 is 2.67 bits per heavy atom. The summed E-state index contributed by atoms with van der Waals surface area (Å²) in [5, 5.41) is 0. The topological polar surface area (TPSA) is 71.5 Å². The van der Waals surface area contributed by atoms with Crippen LogP contribution in [0.15, 0.2) is 36.8 Å². The minimum Gasteiger partial charge on any atom is -0.372 e. The van der Waals surface area contributed by atoms with Crippen molar-refractivity contribution in [3.63, 3.8) is 0 Å². The summed E-state index contributed by atoms with van der Waals surface area (Å²) in [6.45, 7) is 3.89. The molecule has 0 atom stereocenters. The average Bonchev–Trinajstić information content (AvgIpc) is 3.28. The second kappa shape index (κ2) is 8.43. The maximum absolute atomic E-state index is 12.5. The molecule has 0 N–H and O–H groups in total. The number of hydrogen-bond donors (Lipinski definition) is 0. The molecule has 4 rings (SSSR count). The fourth-order valence-electron chi connectivity index (χ4n) is 3.63. The molecule has 2 fully saturated rings. The molecule has 2 aromatic rings. The van der Waals surface area contributed by atoms with Crippen molar-refractivity contribution in [2.24, 2.45) is 0 Å². The van der Waals surface area contributed by atoms with E-state index in [9.17, 15) is 4.79 Å². The third kappa shape index (κ3) is 4.42. The SMILES string of the molecule is O=C(c1cncc(N2CCC(OCc3ccccn3)CC2)n1)N1CCCC1. The standard InChI is InChI=1S/C20H25N5O2/c26-20(25-9-3-4-10-25)18-13-21-14-19(23-18)24-11-6-17(7-12-24)27-15-16-5-1-2-8-22-16/h1-2,5,8,13-14,17H,3-4,6-7,9-12,15H2. The number of anilines is 1. The lowest BCUT2D eigenvalue weighted by atomic mass is 10.1. The van der Waals surface area contributed by atoms with Gasteiger partial charge in [-0.3, -0.25) is 14.8 Å². The number of carbonyl (C=O) groups excluding carboxylic acids is 1. The molecule has 0 saturated carbocycles. The van der Waals surface area contributed by atoms with Crippen LogP contribution in [0.3, 0.4) is 0 Å². The van der Waals surface area contributed by atoms with E-state index in [1.807, 2.05) is 23.1 Å². The molecule has 0 spiro atoms. The van der Waals surface area contributed by atoms with Crippen molar-refractivity contribution in [1.82, 2.24) is 19.9 Å². The normalized spacial score (nSPS) is 18.1. The Hall–Kier alpha value is -2.54. The van der Waals surface area contributed by atoms with Gasteiger partial charge in [0.05, 0.1) is 30.8 Å². The molecule has 142 valence electrons. The van der Waals surface area contributed by atoms with E-state index in [0.717, 1.165) is 63.4 Å². The first-order valence-corrected chi connectivity index (χ1v) is 9.67. The molecule has 0 aliphatic carbocycles. The summed E-state index contributed by atoms with van der Waals surface area (Å²) in [7, 11) is 0. The summed E-state index contributed by atoms with van der Waals surface area (Å²) >= 11 is 0. The van der Waals surface area contributed by atoms with Crippen molar-refractivity contribution in [3.05, 3.63) is 48.2 Å². The second-order valence-electron chi connectivity index (χ2n) is 7.08. The predicted molar refractivity (Wildman–Crippen MR) is 101 cm³/mol. The Bertz CT molecular complexity index is 756. The van der Waals surface area contributed by atoms with Crippen molar-refractivity contribution >= 4 is 11.7 Å². The van der Waals surface area contributed by atoms with Gasteiger partial charge in [0.15, 0.2) is 0 Å². The summed E-state index contributed by atoms with van der Waals surface area (Å²) in [6, 6.07) is 5.86. The van der Waals surface area contributed by atoms with Gasteiger partial charge >= 0.3 is 0 Å². The van der Waals surface area contributed by atoms with Crippen LogP contribution in [0, 0.1) is 0 Å². The first-order chi connectivity index (χ1) is 13.3. The molecule has 0 aromatic carbocycles. The van der Waals surface area contributed by atoms with Gasteiger partial charge in [0.2, 0.25) is 0 Å². The van der Waals surface area contributed by atoms with E-state index in [0.29, 0.717) is 12.3 Å². The van der Waals surface area contributed by atoms with Crippen LogP contribution in [-0.4, -0.2) is 58.0 Å². The second-order valence-corrected chi connectivity index (χ2v) is 7.08. The molecule has 0 radical (unpaired) electrons. The van der Waals surface area contributed by atoms with E-state index < -0.39 is 0 Å². The van der Waals surface area contributed by atoms with Crippen LogP contribution in [0.25, 0.3) is 0 Å². The first-order valence-electron chi connectivity index (χ1n) is 9.67. The molecule has 4 heterocycles. The zero-order chi connectivity index (χ0) is 18.5. The van der Waals surface area contributed by atoms with Crippen LogP contribution >= 0.6 is 0 Å². The number of ether oxygens (including phenoxy) is 1. The number of nitrogens with zero attached hydrogens (tertiary/aromatic N) is 5. The van der Waals surface area contributed by atoms with E-state index in [1.54, 1.807) is 18.6 Å². The molecule has 2 saturated heterocycles. The highest BCUT2D eigenvalue weighted by Gasteiger charge is 2.24. The lowest BCUT2D eigenvalue weighted by molar-refractivity contribution is 0.0233. The van der Waals surface area contributed by atoms with E-state index in [1.165, 1.54) is 0 Å². The molecule has 2 aromatic heterocycles. The minimum absolute atomic E-state index is 0.00423. The van der Waals surface area contributed by atoms with Crippen LogP contribution in [-0.2, 0) is 11.3 Å². The van der Waals surface area contributed by atoms with Crippen LogP contribution in [0.1, 0.15) is 41.9 Å². The number of piperidine rings is 1. The number of carbonyl (C=O) groups is 1. The smallest absolute Gasteiger partial charge is 0.274 e. The Balaban J connectivity index is 1.31. The van der Waals surface area contributed by atoms with Gasteiger partial charge in [-0.25, -0.2) is 4.98 Å². The summed E-state index contributed by atoms with van der Waals surface area (Å²) in [5.74, 6) is 0.777. The Labute approximate surface area is 159 Å². The summed E-state index contributed by atoms with van der Waals surface area (Å²) in [4.78, 5) is 29.7. The fraction of sp³-hybridized carbons (Fsp3) is 0.500. The number of hydrogen-bond acceptors (Lipinski definition) is 6. The number of amides is 1. The van der Waals surface area contributed by atoms with Crippen molar-refractivity contribution in [2.75, 3.05) is 31.1 Å². The first kappa shape index (κ1) is 17.9. The highest BCUT2D eigenvalue weighted by Crippen LogP contribution is 2.21. The molecule has 2 aliphatic rings. The van der Waals surface area contributed by atoms with E-state index >= 15 is 0 Å². The average molecular weight is 367 g/mol. The molecule has 7 heteroatoms. The Kier molecular flexibility index (Phi) is 5.58. The van der Waals surface area contributed by atoms with Crippen molar-refractivity contribution in [2.45, 2.75) is 38.4 Å². The molecule has 1 amide bonds. The van der Waals surface area contributed by atoms with Crippen molar-refractivity contribution in [3.8, 4) is 0 Å². The highest BCUT2D eigenvalue weighted by atomic mass is 16.5. The summed E-state index contributed by atoms with van der Waals surface area (Å²) in [5.41, 5.74) is 1.40. The number of pyridine rings is 1. The third-order valence-electron chi connectivity index (χ3n) is 5.19. The van der Waals surface area contributed by atoms with E-state index in [4.69, 9.17) is 4.74 Å². The fourth-order valence-corrected chi connectivity index (χ4v) is 3.63. The van der Waals surface area contributed by atoms with Gasteiger partial charge in [0, 0.05) is 32.4 Å². The number of rotatable bonds is 5. The van der Waals surface area contributed by atoms with Crippen molar-refractivity contribution in [1.29, 1.82) is 0 Å². The molecular weight excluding hydrogens is 342 g/mol. The van der Waals surface area contributed by atoms with Crippen LogP contribution in [0.4, 0.5) is 5.82 Å². The summed E-state index contributed by atoms with van der Waals surface area (Å²) < 4.78 is 6.00. The van der Waals surface area contributed by atoms with Gasteiger partial charge < -0.3 is 14.5 Å². The molecule has 7 nitrogen and oxygen atoms in total. The monoisotopic (exact) mass is 367 g/mol. The third-order valence-corrected chi connectivity index (χ3v) is 5.19. The quantitative estimate of drug-likeness (QED) is 0.807. The molecule has 0 unspecified atom stereocenters. The van der Waals surface area contributed by atoms with Crippen molar-refractivity contribution < 1.29 is 9.53 Å². The van der Waals surface area contributed by atoms with E-state index in [2.05, 4.69) is 19.9 Å².